The predicted octanol–water partition coefficient (Wildman–Crippen LogP) is 1.54. The second-order valence-corrected chi connectivity index (χ2v) is 6.69. The van der Waals surface area contributed by atoms with E-state index in [4.69, 9.17) is 4.74 Å². The summed E-state index contributed by atoms with van der Waals surface area (Å²) in [6.45, 7) is 8.12. The molecule has 0 aliphatic rings. The van der Waals surface area contributed by atoms with Crippen molar-refractivity contribution < 1.29 is 17.9 Å². The smallest absolute Gasteiger partial charge is 0.244 e. The Labute approximate surface area is 132 Å². The summed E-state index contributed by atoms with van der Waals surface area (Å²) in [5.41, 5.74) is 0.795. The Hall–Kier alpha value is -1.60. The zero-order valence-corrected chi connectivity index (χ0v) is 14.5. The molecular formula is C15H24N2O4S. The quantitative estimate of drug-likeness (QED) is 0.824. The summed E-state index contributed by atoms with van der Waals surface area (Å²) < 4.78 is 32.6. The van der Waals surface area contributed by atoms with E-state index in [9.17, 15) is 13.2 Å². The second kappa shape index (κ2) is 7.60. The van der Waals surface area contributed by atoms with E-state index in [1.54, 1.807) is 30.9 Å². The van der Waals surface area contributed by atoms with Gasteiger partial charge in [0.05, 0.1) is 13.2 Å². The fourth-order valence-electron chi connectivity index (χ4n) is 2.15. The average molecular weight is 328 g/mol. The highest BCUT2D eigenvalue weighted by atomic mass is 32.2. The van der Waals surface area contributed by atoms with Gasteiger partial charge in [-0.2, -0.15) is 4.72 Å². The van der Waals surface area contributed by atoms with Crippen molar-refractivity contribution in [2.24, 2.45) is 0 Å². The van der Waals surface area contributed by atoms with E-state index >= 15 is 0 Å². The number of rotatable bonds is 7. The van der Waals surface area contributed by atoms with E-state index in [0.29, 0.717) is 13.1 Å². The maximum atomic E-state index is 12.5. The molecule has 0 heterocycles. The number of sulfonamides is 1. The Bertz CT molecular complexity index is 624. The largest absolute Gasteiger partial charge is 0.495 e. The molecule has 6 nitrogen and oxygen atoms in total. The summed E-state index contributed by atoms with van der Waals surface area (Å²) in [6, 6.07) is 4.05. The Morgan fingerprint density at radius 2 is 1.91 bits per heavy atom. The zero-order valence-electron chi connectivity index (χ0n) is 13.7. The molecule has 0 aliphatic heterocycles. The summed E-state index contributed by atoms with van der Waals surface area (Å²) >= 11 is 0. The molecular weight excluding hydrogens is 304 g/mol. The number of hydrogen-bond acceptors (Lipinski definition) is 4. The van der Waals surface area contributed by atoms with Gasteiger partial charge in [-0.3, -0.25) is 4.79 Å². The van der Waals surface area contributed by atoms with Gasteiger partial charge in [0.2, 0.25) is 15.9 Å². The number of benzene rings is 1. The van der Waals surface area contributed by atoms with E-state index in [1.165, 1.54) is 13.2 Å². The molecule has 1 atom stereocenters. The maximum absolute atomic E-state index is 12.5. The first-order chi connectivity index (χ1) is 10.3. The molecule has 0 saturated heterocycles. The van der Waals surface area contributed by atoms with Gasteiger partial charge in [-0.05, 0) is 45.4 Å². The molecule has 0 bridgehead atoms. The number of hydrogen-bond donors (Lipinski definition) is 1. The minimum absolute atomic E-state index is 0.0363. The van der Waals surface area contributed by atoms with Crippen LogP contribution in [0, 0.1) is 6.92 Å². The van der Waals surface area contributed by atoms with Crippen molar-refractivity contribution in [2.45, 2.75) is 38.6 Å². The molecule has 1 N–H and O–H groups in total. The minimum Gasteiger partial charge on any atom is -0.495 e. The van der Waals surface area contributed by atoms with Crippen LogP contribution in [0.15, 0.2) is 23.1 Å². The molecule has 0 spiro atoms. The highest BCUT2D eigenvalue weighted by Gasteiger charge is 2.26. The van der Waals surface area contributed by atoms with Crippen LogP contribution in [0.2, 0.25) is 0 Å². The molecule has 0 aliphatic carbocycles. The van der Waals surface area contributed by atoms with E-state index in [0.717, 1.165) is 5.56 Å². The molecule has 0 fully saturated rings. The summed E-state index contributed by atoms with van der Waals surface area (Å²) in [7, 11) is -2.43. The number of aryl methyl sites for hydroxylation is 1. The lowest BCUT2D eigenvalue weighted by molar-refractivity contribution is -0.132. The first kappa shape index (κ1) is 18.4. The van der Waals surface area contributed by atoms with E-state index in [-0.39, 0.29) is 16.6 Å². The van der Waals surface area contributed by atoms with Crippen molar-refractivity contribution in [3.05, 3.63) is 23.8 Å². The summed E-state index contributed by atoms with van der Waals surface area (Å²) in [5.74, 6) is 0.000725. The first-order valence-electron chi connectivity index (χ1n) is 7.22. The van der Waals surface area contributed by atoms with Crippen molar-refractivity contribution in [1.29, 1.82) is 0 Å². The molecule has 0 radical (unpaired) electrons. The van der Waals surface area contributed by atoms with Gasteiger partial charge in [0.15, 0.2) is 0 Å². The molecule has 7 heteroatoms. The maximum Gasteiger partial charge on any atom is 0.244 e. The average Bonchev–Trinajstić information content (AvgIpc) is 2.47. The summed E-state index contributed by atoms with van der Waals surface area (Å²) in [4.78, 5) is 13.8. The van der Waals surface area contributed by atoms with Crippen molar-refractivity contribution >= 4 is 15.9 Å². The first-order valence-corrected chi connectivity index (χ1v) is 8.70. The number of carbonyl (C=O) groups is 1. The fraction of sp³-hybridized carbons (Fsp3) is 0.533. The Kier molecular flexibility index (Phi) is 6.37. The molecule has 1 aromatic rings. The van der Waals surface area contributed by atoms with Gasteiger partial charge in [-0.15, -0.1) is 0 Å². The fourth-order valence-corrected chi connectivity index (χ4v) is 3.60. The number of likely N-dealkylation sites (N-methyl/N-ethyl adjacent to an activating group) is 1. The molecule has 0 unspecified atom stereocenters. The second-order valence-electron chi connectivity index (χ2n) is 5.01. The van der Waals surface area contributed by atoms with Crippen LogP contribution < -0.4 is 9.46 Å². The Morgan fingerprint density at radius 3 is 2.41 bits per heavy atom. The standard InChI is InChI=1S/C15H24N2O4S/c1-6-17(7-2)15(18)12(4)16-22(19,20)14-10-11(3)8-9-13(14)21-5/h8-10,12,16H,6-7H2,1-5H3/t12-/m0/s1. The molecule has 0 saturated carbocycles. The molecule has 1 aromatic carbocycles. The van der Waals surface area contributed by atoms with Crippen molar-refractivity contribution in [1.82, 2.24) is 9.62 Å². The van der Waals surface area contributed by atoms with E-state index in [1.807, 2.05) is 13.8 Å². The van der Waals surface area contributed by atoms with Crippen LogP contribution in [-0.2, 0) is 14.8 Å². The van der Waals surface area contributed by atoms with E-state index in [2.05, 4.69) is 4.72 Å². The third-order valence-electron chi connectivity index (χ3n) is 3.39. The van der Waals surface area contributed by atoms with Gasteiger partial charge in [-0.25, -0.2) is 8.42 Å². The van der Waals surface area contributed by atoms with Gasteiger partial charge in [-0.1, -0.05) is 6.07 Å². The molecule has 1 rings (SSSR count). The SMILES string of the molecule is CCN(CC)C(=O)[C@H](C)NS(=O)(=O)c1cc(C)ccc1OC. The van der Waals surface area contributed by atoms with Crippen LogP contribution in [-0.4, -0.2) is 45.5 Å². The zero-order chi connectivity index (χ0) is 16.9. The summed E-state index contributed by atoms with van der Waals surface area (Å²) in [6.07, 6.45) is 0. The highest BCUT2D eigenvalue weighted by Crippen LogP contribution is 2.24. The van der Waals surface area contributed by atoms with Gasteiger partial charge in [0.1, 0.15) is 10.6 Å². The lowest BCUT2D eigenvalue weighted by atomic mass is 10.2. The highest BCUT2D eigenvalue weighted by molar-refractivity contribution is 7.89. The van der Waals surface area contributed by atoms with Gasteiger partial charge < -0.3 is 9.64 Å². The molecule has 124 valence electrons. The summed E-state index contributed by atoms with van der Waals surface area (Å²) in [5, 5.41) is 0. The van der Waals surface area contributed by atoms with Crippen molar-refractivity contribution in [3.63, 3.8) is 0 Å². The number of methoxy groups -OCH3 is 1. The van der Waals surface area contributed by atoms with Crippen LogP contribution >= 0.6 is 0 Å². The number of carbonyl (C=O) groups excluding carboxylic acids is 1. The van der Waals surface area contributed by atoms with E-state index < -0.39 is 16.1 Å². The van der Waals surface area contributed by atoms with Gasteiger partial charge in [0.25, 0.3) is 0 Å². The number of amides is 1. The molecule has 0 aromatic heterocycles. The third kappa shape index (κ3) is 4.20. The van der Waals surface area contributed by atoms with Gasteiger partial charge >= 0.3 is 0 Å². The van der Waals surface area contributed by atoms with Crippen LogP contribution in [0.25, 0.3) is 0 Å². The third-order valence-corrected chi connectivity index (χ3v) is 4.95. The minimum atomic E-state index is -3.84. The van der Waals surface area contributed by atoms with Gasteiger partial charge in [0, 0.05) is 13.1 Å². The van der Waals surface area contributed by atoms with Crippen LogP contribution in [0.5, 0.6) is 5.75 Å². The Balaban J connectivity index is 3.06. The molecule has 22 heavy (non-hydrogen) atoms. The molecule has 1 amide bonds. The van der Waals surface area contributed by atoms with Crippen LogP contribution in [0.4, 0.5) is 0 Å². The lowest BCUT2D eigenvalue weighted by Crippen LogP contribution is -2.46. The number of ether oxygens (including phenoxy) is 1. The van der Waals surface area contributed by atoms with Crippen LogP contribution in [0.1, 0.15) is 26.3 Å². The van der Waals surface area contributed by atoms with Crippen molar-refractivity contribution in [3.8, 4) is 5.75 Å². The van der Waals surface area contributed by atoms with Crippen molar-refractivity contribution in [2.75, 3.05) is 20.2 Å². The normalized spacial score (nSPS) is 12.8. The lowest BCUT2D eigenvalue weighted by Gasteiger charge is -2.23. The predicted molar refractivity (Wildman–Crippen MR) is 85.4 cm³/mol. The number of nitrogens with zero attached hydrogens (tertiary/aromatic N) is 1. The monoisotopic (exact) mass is 328 g/mol. The Morgan fingerprint density at radius 1 is 1.32 bits per heavy atom. The topological polar surface area (TPSA) is 75.7 Å². The number of nitrogens with one attached hydrogen (secondary N) is 1. The van der Waals surface area contributed by atoms with Crippen LogP contribution in [0.3, 0.4) is 0 Å².